The maximum atomic E-state index is 4.54. The highest BCUT2D eigenvalue weighted by Crippen LogP contribution is 2.42. The van der Waals surface area contributed by atoms with Crippen molar-refractivity contribution in [1.29, 1.82) is 0 Å². The fourth-order valence-electron chi connectivity index (χ4n) is 3.33. The van der Waals surface area contributed by atoms with Crippen molar-refractivity contribution in [2.45, 2.75) is 33.1 Å². The van der Waals surface area contributed by atoms with Gasteiger partial charge in [-0.1, -0.05) is 50.6 Å². The van der Waals surface area contributed by atoms with Crippen LogP contribution in [0.3, 0.4) is 0 Å². The molecule has 114 valence electrons. The summed E-state index contributed by atoms with van der Waals surface area (Å²) >= 11 is 0. The molecular weight excluding hydrogens is 268 g/mol. The van der Waals surface area contributed by atoms with E-state index in [-0.39, 0.29) is 5.41 Å². The molecule has 2 aromatic heterocycles. The Hall–Kier alpha value is -2.09. The molecule has 0 saturated carbocycles. The first-order valence-electron chi connectivity index (χ1n) is 7.92. The van der Waals surface area contributed by atoms with Crippen LogP contribution < -0.4 is 0 Å². The number of aryl methyl sites for hydroxylation is 2. The van der Waals surface area contributed by atoms with Gasteiger partial charge in [0.05, 0.1) is 0 Å². The molecule has 0 aliphatic heterocycles. The maximum absolute atomic E-state index is 4.54. The van der Waals surface area contributed by atoms with Gasteiger partial charge in [-0.25, -0.2) is 4.98 Å². The molecule has 0 amide bonds. The molecule has 0 N–H and O–H groups in total. The van der Waals surface area contributed by atoms with Crippen LogP contribution in [0.5, 0.6) is 0 Å². The minimum atomic E-state index is -0.0315. The van der Waals surface area contributed by atoms with Crippen LogP contribution in [0.2, 0.25) is 0 Å². The third-order valence-corrected chi connectivity index (χ3v) is 5.10. The van der Waals surface area contributed by atoms with Crippen molar-refractivity contribution in [3.8, 4) is 0 Å². The van der Waals surface area contributed by atoms with Crippen LogP contribution in [0.15, 0.2) is 48.8 Å². The van der Waals surface area contributed by atoms with Gasteiger partial charge < -0.3 is 4.57 Å². The van der Waals surface area contributed by atoms with Crippen molar-refractivity contribution in [2.75, 3.05) is 0 Å². The molecule has 2 nitrogen and oxygen atoms in total. The van der Waals surface area contributed by atoms with Gasteiger partial charge in [0.15, 0.2) is 0 Å². The lowest BCUT2D eigenvalue weighted by Gasteiger charge is -2.34. The molecule has 1 atom stereocenters. The first kappa shape index (κ1) is 14.8. The summed E-state index contributed by atoms with van der Waals surface area (Å²) in [5.41, 5.74) is 5.04. The summed E-state index contributed by atoms with van der Waals surface area (Å²) < 4.78 is 2.14. The maximum Gasteiger partial charge on any atom is 0.139 e. The minimum Gasteiger partial charge on any atom is -0.335 e. The highest BCUT2D eigenvalue weighted by Gasteiger charge is 2.35. The van der Waals surface area contributed by atoms with Gasteiger partial charge in [0, 0.05) is 30.2 Å². The van der Waals surface area contributed by atoms with E-state index in [1.165, 1.54) is 22.1 Å². The fraction of sp³-hybridized carbons (Fsp3) is 0.350. The van der Waals surface area contributed by atoms with E-state index < -0.39 is 0 Å². The second-order valence-electron chi connectivity index (χ2n) is 6.75. The lowest BCUT2D eigenvalue weighted by molar-refractivity contribution is 0.407. The monoisotopic (exact) mass is 292 g/mol. The van der Waals surface area contributed by atoms with Crippen molar-refractivity contribution in [3.63, 3.8) is 0 Å². The molecule has 3 aromatic rings. The zero-order valence-corrected chi connectivity index (χ0v) is 14.1. The molecule has 0 radical (unpaired) electrons. The molecule has 2 heteroatoms. The SMILES string of the molecule is Cc1ccc(C(C)(c2cn(C)c3ncccc23)C(C)C)cc1. The number of aromatic nitrogens is 2. The first-order chi connectivity index (χ1) is 10.4. The molecule has 0 fully saturated rings. The summed E-state index contributed by atoms with van der Waals surface area (Å²) in [4.78, 5) is 4.54. The molecule has 0 aliphatic carbocycles. The molecule has 22 heavy (non-hydrogen) atoms. The number of hydrogen-bond acceptors (Lipinski definition) is 1. The van der Waals surface area contributed by atoms with Crippen LogP contribution >= 0.6 is 0 Å². The van der Waals surface area contributed by atoms with Crippen LogP contribution in [0.1, 0.15) is 37.5 Å². The zero-order valence-electron chi connectivity index (χ0n) is 14.1. The number of pyridine rings is 1. The summed E-state index contributed by atoms with van der Waals surface area (Å²) in [7, 11) is 2.08. The number of nitrogens with zero attached hydrogens (tertiary/aromatic N) is 2. The molecule has 1 aromatic carbocycles. The highest BCUT2D eigenvalue weighted by atomic mass is 15.0. The molecule has 0 bridgehead atoms. The number of hydrogen-bond donors (Lipinski definition) is 0. The molecule has 1 unspecified atom stereocenters. The van der Waals surface area contributed by atoms with E-state index in [0.717, 1.165) is 5.65 Å². The van der Waals surface area contributed by atoms with Crippen molar-refractivity contribution in [1.82, 2.24) is 9.55 Å². The zero-order chi connectivity index (χ0) is 15.9. The summed E-state index contributed by atoms with van der Waals surface area (Å²) in [5, 5.41) is 1.25. The Morgan fingerprint density at radius 2 is 1.77 bits per heavy atom. The average molecular weight is 292 g/mol. The van der Waals surface area contributed by atoms with Crippen LogP contribution in [0.25, 0.3) is 11.0 Å². The lowest BCUT2D eigenvalue weighted by atomic mass is 9.68. The van der Waals surface area contributed by atoms with E-state index >= 15 is 0 Å². The van der Waals surface area contributed by atoms with E-state index in [4.69, 9.17) is 0 Å². The standard InChI is InChI=1S/C20H24N2/c1-14(2)20(4,16-10-8-15(3)9-11-16)18-13-22(5)19-17(18)7-6-12-21-19/h6-14H,1-5H3. The molecule has 0 spiro atoms. The highest BCUT2D eigenvalue weighted by molar-refractivity contribution is 5.82. The number of rotatable bonds is 3. The van der Waals surface area contributed by atoms with E-state index in [2.05, 4.69) is 80.8 Å². The normalized spacial score (nSPS) is 14.5. The van der Waals surface area contributed by atoms with Gasteiger partial charge in [-0.2, -0.15) is 0 Å². The smallest absolute Gasteiger partial charge is 0.139 e. The van der Waals surface area contributed by atoms with Gasteiger partial charge in [0.25, 0.3) is 0 Å². The van der Waals surface area contributed by atoms with Gasteiger partial charge in [-0.15, -0.1) is 0 Å². The van der Waals surface area contributed by atoms with E-state index in [9.17, 15) is 0 Å². The topological polar surface area (TPSA) is 17.8 Å². The van der Waals surface area contributed by atoms with Crippen molar-refractivity contribution < 1.29 is 0 Å². The summed E-state index contributed by atoms with van der Waals surface area (Å²) in [6.45, 7) is 9.09. The summed E-state index contributed by atoms with van der Waals surface area (Å²) in [6, 6.07) is 13.2. The molecule has 2 heterocycles. The quantitative estimate of drug-likeness (QED) is 0.675. The van der Waals surface area contributed by atoms with E-state index in [0.29, 0.717) is 5.92 Å². The molecule has 0 aliphatic rings. The van der Waals surface area contributed by atoms with Gasteiger partial charge in [0.2, 0.25) is 0 Å². The van der Waals surface area contributed by atoms with E-state index in [1.807, 2.05) is 12.3 Å². The Bertz CT molecular complexity index is 796. The second kappa shape index (κ2) is 5.28. The van der Waals surface area contributed by atoms with Crippen LogP contribution in [0.4, 0.5) is 0 Å². The minimum absolute atomic E-state index is 0.0315. The van der Waals surface area contributed by atoms with Crippen LogP contribution in [-0.4, -0.2) is 9.55 Å². The Balaban J connectivity index is 2.28. The largest absolute Gasteiger partial charge is 0.335 e. The molecular formula is C20H24N2. The summed E-state index contributed by atoms with van der Waals surface area (Å²) in [5.74, 6) is 0.487. The molecule has 3 rings (SSSR count). The second-order valence-corrected chi connectivity index (χ2v) is 6.75. The lowest BCUT2D eigenvalue weighted by Crippen LogP contribution is -2.30. The fourth-order valence-corrected chi connectivity index (χ4v) is 3.33. The third-order valence-electron chi connectivity index (χ3n) is 5.10. The summed E-state index contributed by atoms with van der Waals surface area (Å²) in [6.07, 6.45) is 4.11. The molecule has 0 saturated heterocycles. The van der Waals surface area contributed by atoms with Gasteiger partial charge >= 0.3 is 0 Å². The van der Waals surface area contributed by atoms with Crippen molar-refractivity contribution >= 4 is 11.0 Å². The number of benzene rings is 1. The predicted octanol–water partition coefficient (Wildman–Crippen LogP) is 4.84. The Morgan fingerprint density at radius 3 is 2.41 bits per heavy atom. The Kier molecular flexibility index (Phi) is 3.56. The average Bonchev–Trinajstić information content (AvgIpc) is 2.85. The van der Waals surface area contributed by atoms with Crippen LogP contribution in [0, 0.1) is 12.8 Å². The van der Waals surface area contributed by atoms with Crippen molar-refractivity contribution in [3.05, 3.63) is 65.5 Å². The van der Waals surface area contributed by atoms with Gasteiger partial charge in [0.1, 0.15) is 5.65 Å². The van der Waals surface area contributed by atoms with Gasteiger partial charge in [-0.05, 0) is 36.1 Å². The third kappa shape index (κ3) is 2.14. The van der Waals surface area contributed by atoms with Gasteiger partial charge in [-0.3, -0.25) is 0 Å². The Labute approximate surface area is 132 Å². The van der Waals surface area contributed by atoms with Crippen molar-refractivity contribution in [2.24, 2.45) is 13.0 Å². The predicted molar refractivity (Wildman–Crippen MR) is 93.2 cm³/mol. The Morgan fingerprint density at radius 1 is 1.09 bits per heavy atom. The van der Waals surface area contributed by atoms with E-state index in [1.54, 1.807) is 0 Å². The number of fused-ring (bicyclic) bond motifs is 1. The van der Waals surface area contributed by atoms with Crippen LogP contribution in [-0.2, 0) is 12.5 Å². The first-order valence-corrected chi connectivity index (χ1v) is 7.92.